The van der Waals surface area contributed by atoms with Gasteiger partial charge in [-0.05, 0) is 84.1 Å². The van der Waals surface area contributed by atoms with Gasteiger partial charge in [0.05, 0.1) is 35.3 Å². The summed E-state index contributed by atoms with van der Waals surface area (Å²) in [5.41, 5.74) is 9.72. The molecule has 0 aliphatic carbocycles. The number of hydrogen-bond acceptors (Lipinski definition) is 22. The van der Waals surface area contributed by atoms with Gasteiger partial charge in [-0.15, -0.1) is 11.6 Å². The van der Waals surface area contributed by atoms with Crippen molar-refractivity contribution >= 4 is 64.6 Å². The number of phenolic OH excluding ortho intramolecular Hbond substituents is 2. The van der Waals surface area contributed by atoms with Gasteiger partial charge in [-0.3, -0.25) is 33.6 Å². The summed E-state index contributed by atoms with van der Waals surface area (Å²) in [5, 5.41) is 112. The zero-order chi connectivity index (χ0) is 64.0. The van der Waals surface area contributed by atoms with Crippen LogP contribution in [-0.4, -0.2) is 161 Å². The average molecular weight is 1300 g/mol. The van der Waals surface area contributed by atoms with Crippen LogP contribution in [0, 0.1) is 6.07 Å². The molecule has 16 atom stereocenters. The summed E-state index contributed by atoms with van der Waals surface area (Å²) in [7, 11) is 0. The standard InChI is InChI=1S/C58H58Cl2N7O22.Na/c1-20-30(69)9-12-39(84-20)88-51-49(76)48(75)37(19-68)87-58(51)89-50-35-16-24-17-36(50)86-34-11-7-23(15-28(34)60)47(74)45-56(81)66-44(57(82)83)25-3-2-4-32(71)40(25)26-13-21(5-8-31(26)70)42(54(79)67-45)65-55(80)43(24)64-52(77)29(18-38(61)72)63-53(78)41(62)46(73)22-6-10-33(85-35)27(59)14-22;/h3-8,10-11,13-17,20,29-30,37,39,41-49,51,58,68-71,73-76H,9,12,18-19,62H2,1H3,(H2,61,72)(H,63,78)(H,64,77)(H,65,80)(H,66,81)(H,67,79)(H,82,83);/q-1;+1/t20?,29-,30?,37?,39?,41+,42?,43+,44-,45-,46+,47+,48?,49?,51?,58?;/m0./s1. The number of fused-ring (bicyclic) bond motifs is 15. The number of halogens is 2. The smallest absolute Gasteiger partial charge is 0.565 e. The number of carboxylic acids is 1. The summed E-state index contributed by atoms with van der Waals surface area (Å²) in [6.07, 6.45) is -16.7. The molecule has 7 aliphatic heterocycles. The first kappa shape index (κ1) is 67.0. The molecule has 29 nitrogen and oxygen atoms in total. The molecule has 0 aromatic heterocycles. The monoisotopic (exact) mass is 1300 g/mol. The molecule has 7 heterocycles. The Hall–Kier alpha value is -7.43. The van der Waals surface area contributed by atoms with Crippen molar-refractivity contribution in [1.29, 1.82) is 0 Å². The number of carbonyl (C=O) groups excluding carboxylic acids is 6. The number of nitrogens with one attached hydrogen (secondary N) is 5. The summed E-state index contributed by atoms with van der Waals surface area (Å²) in [6.45, 7) is 0.648. The number of hydrogen-bond donors (Lipinski definition) is 16. The molecule has 0 saturated carbocycles. The van der Waals surface area contributed by atoms with Crippen LogP contribution in [0.5, 0.6) is 40.2 Å². The number of aliphatic hydroxyl groups excluding tert-OH is 6. The van der Waals surface area contributed by atoms with E-state index in [2.05, 4.69) is 32.7 Å². The van der Waals surface area contributed by atoms with Crippen LogP contribution in [0.4, 0.5) is 0 Å². The van der Waals surface area contributed by atoms with Crippen molar-refractivity contribution in [2.45, 2.75) is 124 Å². The van der Waals surface area contributed by atoms with Crippen molar-refractivity contribution in [3.63, 3.8) is 0 Å². The molecule has 6 amide bonds. The number of carbonyl (C=O) groups is 7. The second-order valence-corrected chi connectivity index (χ2v) is 22.3. The van der Waals surface area contributed by atoms with Gasteiger partial charge in [-0.25, -0.2) is 0 Å². The molecule has 472 valence electrons. The van der Waals surface area contributed by atoms with E-state index in [-0.39, 0.29) is 91.8 Å². The summed E-state index contributed by atoms with van der Waals surface area (Å²) in [4.78, 5) is 100. The van der Waals surface area contributed by atoms with Crippen molar-refractivity contribution < 1.29 is 137 Å². The molecular formula is C58H58Cl2N7NaO22. The van der Waals surface area contributed by atoms with Gasteiger partial charge in [0, 0.05) is 17.7 Å². The predicted molar refractivity (Wildman–Crippen MR) is 302 cm³/mol. The third-order valence-corrected chi connectivity index (χ3v) is 16.1. The van der Waals surface area contributed by atoms with Gasteiger partial charge in [0.25, 0.3) is 0 Å². The number of nitrogens with two attached hydrogens (primary N) is 2. The van der Waals surface area contributed by atoms with E-state index in [0.29, 0.717) is 0 Å². The van der Waals surface area contributed by atoms with Gasteiger partial charge in [0.1, 0.15) is 84.0 Å². The van der Waals surface area contributed by atoms with Crippen LogP contribution in [0.25, 0.3) is 11.1 Å². The molecular weight excluding hydrogens is 1240 g/mol. The van der Waals surface area contributed by atoms with E-state index in [1.54, 1.807) is 6.92 Å². The molecule has 11 bridgehead atoms. The van der Waals surface area contributed by atoms with E-state index < -0.39 is 192 Å². The Balaban J connectivity index is 0.00000960. The molecule has 2 saturated heterocycles. The number of aliphatic carboxylic acids is 1. The average Bonchev–Trinajstić information content (AvgIpc) is 0.802. The van der Waals surface area contributed by atoms with Crippen LogP contribution in [0.15, 0.2) is 78.9 Å². The minimum Gasteiger partial charge on any atom is -0.565 e. The topological polar surface area (TPSA) is 469 Å². The molecule has 90 heavy (non-hydrogen) atoms. The zero-order valence-corrected chi connectivity index (χ0v) is 50.8. The van der Waals surface area contributed by atoms with Crippen molar-refractivity contribution in [3.8, 4) is 51.4 Å². The predicted octanol–water partition coefficient (Wildman–Crippen LogP) is -2.91. The summed E-state index contributed by atoms with van der Waals surface area (Å²) < 4.78 is 37.8. The van der Waals surface area contributed by atoms with Gasteiger partial charge < -0.3 is 112 Å². The number of amides is 6. The molecule has 0 spiro atoms. The maximum Gasteiger partial charge on any atom is 1.00 e. The van der Waals surface area contributed by atoms with Crippen LogP contribution >= 0.6 is 23.2 Å². The van der Waals surface area contributed by atoms with E-state index in [0.717, 1.165) is 60.7 Å². The number of benzene rings is 5. The van der Waals surface area contributed by atoms with E-state index in [1.165, 1.54) is 18.2 Å². The van der Waals surface area contributed by atoms with Crippen LogP contribution in [0.1, 0.15) is 84.3 Å². The fraction of sp³-hybridized carbons (Fsp3) is 0.362. The fourth-order valence-electron chi connectivity index (χ4n) is 10.7. The van der Waals surface area contributed by atoms with Crippen LogP contribution in [0.2, 0.25) is 10.0 Å². The molecule has 0 radical (unpaired) electrons. The Morgan fingerprint density at radius 1 is 0.689 bits per heavy atom. The largest absolute Gasteiger partial charge is 1.00 e. The maximum absolute atomic E-state index is 15.7. The number of rotatable bonds is 8. The maximum atomic E-state index is 15.7. The Labute approximate surface area is 541 Å². The number of ether oxygens (including phenoxy) is 6. The Bertz CT molecular complexity index is 3650. The quantitative estimate of drug-likeness (QED) is 0.0547. The molecule has 2 fully saturated rings. The van der Waals surface area contributed by atoms with Gasteiger partial charge in [0.15, 0.2) is 23.9 Å². The summed E-state index contributed by atoms with van der Waals surface area (Å²) in [5.74, 6) is -13.2. The van der Waals surface area contributed by atoms with Crippen LogP contribution < -0.4 is 81.8 Å². The van der Waals surface area contributed by atoms with Crippen molar-refractivity contribution in [2.75, 3.05) is 6.61 Å². The molecule has 5 aromatic rings. The third kappa shape index (κ3) is 13.8. The second-order valence-electron chi connectivity index (χ2n) is 21.5. The van der Waals surface area contributed by atoms with Gasteiger partial charge in [0.2, 0.25) is 47.5 Å². The number of primary amides is 1. The minimum absolute atomic E-state index is 0. The number of aromatic hydroxyl groups is 2. The van der Waals surface area contributed by atoms with Crippen molar-refractivity contribution in [3.05, 3.63) is 123 Å². The van der Waals surface area contributed by atoms with Crippen molar-refractivity contribution in [1.82, 2.24) is 26.6 Å². The number of carboxylic acid groups (broad SMARTS) is 1. The minimum atomic E-state index is -2.24. The van der Waals surface area contributed by atoms with Crippen LogP contribution in [-0.2, 0) is 47.8 Å². The number of aliphatic hydroxyl groups is 6. The van der Waals surface area contributed by atoms with E-state index >= 15 is 9.59 Å². The van der Waals surface area contributed by atoms with Crippen LogP contribution in [0.3, 0.4) is 0 Å². The molecule has 9 unspecified atom stereocenters. The zero-order valence-electron chi connectivity index (χ0n) is 47.3. The van der Waals surface area contributed by atoms with Gasteiger partial charge in [-0.1, -0.05) is 47.0 Å². The Morgan fingerprint density at radius 3 is 1.91 bits per heavy atom. The molecule has 18 N–H and O–H groups in total. The summed E-state index contributed by atoms with van der Waals surface area (Å²) in [6, 6.07) is 4.54. The first-order valence-corrected chi connectivity index (χ1v) is 28.2. The van der Waals surface area contributed by atoms with Crippen molar-refractivity contribution in [2.24, 2.45) is 11.5 Å². The Kier molecular flexibility index (Phi) is 20.5. The SMILES string of the molecule is CC1OC(OC2C(Oc3c4cc5cc3Oc3ccc(cc3Cl)[C@@H](O)[C@@H](N)C(=O)N[C@@H](CC(N)=O)C(=O)N[C@H]5C(=O)NC3C(=O)N[C@H](C(=O)N[C@H](C(=O)O)c5c[c-]cc(O)c5-c5cc3ccc5O)[C@H](O)c3ccc(c(Cl)c3)O4)OC(CO)C(O)C2O)CCC1O.[Na+]. The second kappa shape index (κ2) is 27.6. The number of phenols is 2. The van der Waals surface area contributed by atoms with E-state index in [1.807, 2.05) is 0 Å². The first-order valence-electron chi connectivity index (χ1n) is 27.4. The normalized spacial score (nSPS) is 29.4. The molecule has 7 aliphatic rings. The fourth-order valence-corrected chi connectivity index (χ4v) is 11.2. The molecule has 5 aromatic carbocycles. The molecule has 12 rings (SSSR count). The van der Waals surface area contributed by atoms with Gasteiger partial charge >= 0.3 is 35.5 Å². The van der Waals surface area contributed by atoms with E-state index in [9.17, 15) is 69.9 Å². The Morgan fingerprint density at radius 2 is 1.30 bits per heavy atom. The summed E-state index contributed by atoms with van der Waals surface area (Å²) >= 11 is 13.9. The van der Waals surface area contributed by atoms with Gasteiger partial charge in [-0.2, -0.15) is 12.1 Å². The molecule has 32 heteroatoms. The third-order valence-electron chi connectivity index (χ3n) is 15.5. The van der Waals surface area contributed by atoms with E-state index in [4.69, 9.17) is 63.1 Å². The first-order chi connectivity index (χ1) is 42.3.